The molecule has 27 heavy (non-hydrogen) atoms. The van der Waals surface area contributed by atoms with Gasteiger partial charge in [-0.1, -0.05) is 0 Å². The minimum absolute atomic E-state index is 0.0494. The van der Waals surface area contributed by atoms with Crippen LogP contribution in [0.2, 0.25) is 0 Å². The molecule has 0 bridgehead atoms. The molecular formula is C14H25N5O7S. The molecule has 0 aliphatic heterocycles. The molecule has 0 heterocycles. The van der Waals surface area contributed by atoms with Gasteiger partial charge in [0.1, 0.15) is 18.6 Å². The number of amides is 4. The number of carboxylic acid groups (broad SMARTS) is 1. The van der Waals surface area contributed by atoms with Crippen molar-refractivity contribution < 1.29 is 34.2 Å². The minimum Gasteiger partial charge on any atom is -0.480 e. The Bertz CT molecular complexity index is 572. The number of carbonyl (C=O) groups is 5. The fraction of sp³-hybridized carbons (Fsp3) is 0.643. The lowest BCUT2D eigenvalue weighted by Gasteiger charge is -2.25. The van der Waals surface area contributed by atoms with Gasteiger partial charge in [0, 0.05) is 12.2 Å². The van der Waals surface area contributed by atoms with Crippen molar-refractivity contribution in [3.8, 4) is 0 Å². The molecule has 0 saturated heterocycles. The van der Waals surface area contributed by atoms with E-state index >= 15 is 0 Å². The van der Waals surface area contributed by atoms with Gasteiger partial charge >= 0.3 is 5.97 Å². The number of hydrogen-bond donors (Lipinski definition) is 8. The zero-order valence-corrected chi connectivity index (χ0v) is 15.6. The monoisotopic (exact) mass is 407 g/mol. The van der Waals surface area contributed by atoms with Gasteiger partial charge in [0.05, 0.1) is 12.1 Å². The van der Waals surface area contributed by atoms with Crippen LogP contribution >= 0.6 is 12.6 Å². The molecule has 4 amide bonds. The molecule has 0 fully saturated rings. The maximum absolute atomic E-state index is 12.3. The zero-order chi connectivity index (χ0) is 21.1. The Kier molecular flexibility index (Phi) is 11.0. The fourth-order valence-corrected chi connectivity index (χ4v) is 2.09. The number of nitrogens with one attached hydrogen (secondary N) is 3. The van der Waals surface area contributed by atoms with E-state index in [9.17, 15) is 29.1 Å². The SMILES string of the molecule is CC(O)C(NC(=O)C(N)CCC(N)=O)C(=O)NC(CS)C(=O)NCC(=O)O. The lowest BCUT2D eigenvalue weighted by Crippen LogP contribution is -2.59. The maximum atomic E-state index is 12.3. The standard InChI is InChI=1S/C14H25N5O7S/c1-6(20)11(19-12(24)7(15)2-3-9(16)21)14(26)18-8(5-27)13(25)17-4-10(22)23/h6-8,11,20,27H,2-5,15H2,1H3,(H2,16,21)(H,17,25)(H,18,26)(H,19,24)(H,22,23). The first-order chi connectivity index (χ1) is 12.5. The Hall–Kier alpha value is -2.38. The Morgan fingerprint density at radius 2 is 1.67 bits per heavy atom. The predicted octanol–water partition coefficient (Wildman–Crippen LogP) is -3.94. The van der Waals surface area contributed by atoms with Gasteiger partial charge in [0.2, 0.25) is 23.6 Å². The molecular weight excluding hydrogens is 382 g/mol. The molecule has 4 unspecified atom stereocenters. The number of aliphatic hydroxyl groups excluding tert-OH is 1. The first kappa shape index (κ1) is 24.6. The van der Waals surface area contributed by atoms with Gasteiger partial charge in [-0.2, -0.15) is 12.6 Å². The number of nitrogens with two attached hydrogens (primary N) is 2. The highest BCUT2D eigenvalue weighted by Crippen LogP contribution is 2.00. The first-order valence-electron chi connectivity index (χ1n) is 7.92. The summed E-state index contributed by atoms with van der Waals surface area (Å²) in [5.41, 5.74) is 10.6. The van der Waals surface area contributed by atoms with Crippen molar-refractivity contribution >= 4 is 42.2 Å². The minimum atomic E-state index is -1.44. The smallest absolute Gasteiger partial charge is 0.322 e. The molecule has 0 aromatic rings. The Morgan fingerprint density at radius 3 is 2.11 bits per heavy atom. The molecule has 13 heteroatoms. The third-order valence-corrected chi connectivity index (χ3v) is 3.70. The van der Waals surface area contributed by atoms with Gasteiger partial charge in [0.25, 0.3) is 0 Å². The topological polar surface area (TPSA) is 214 Å². The average Bonchev–Trinajstić information content (AvgIpc) is 2.58. The van der Waals surface area contributed by atoms with Gasteiger partial charge in [-0.05, 0) is 13.3 Å². The molecule has 0 aromatic carbocycles. The van der Waals surface area contributed by atoms with Crippen LogP contribution in [0.25, 0.3) is 0 Å². The van der Waals surface area contributed by atoms with Crippen molar-refractivity contribution in [3.63, 3.8) is 0 Å². The van der Waals surface area contributed by atoms with Crippen molar-refractivity contribution in [2.75, 3.05) is 12.3 Å². The molecule has 0 aliphatic rings. The van der Waals surface area contributed by atoms with Crippen molar-refractivity contribution in [1.29, 1.82) is 0 Å². The molecule has 0 radical (unpaired) electrons. The van der Waals surface area contributed by atoms with E-state index in [1.807, 2.05) is 0 Å². The summed E-state index contributed by atoms with van der Waals surface area (Å²) in [5, 5.41) is 24.9. The summed E-state index contributed by atoms with van der Waals surface area (Å²) >= 11 is 3.91. The highest BCUT2D eigenvalue weighted by atomic mass is 32.1. The molecule has 0 spiro atoms. The highest BCUT2D eigenvalue weighted by molar-refractivity contribution is 7.80. The van der Waals surface area contributed by atoms with Crippen LogP contribution in [-0.2, 0) is 24.0 Å². The van der Waals surface area contributed by atoms with Crippen molar-refractivity contribution in [3.05, 3.63) is 0 Å². The largest absolute Gasteiger partial charge is 0.480 e. The fourth-order valence-electron chi connectivity index (χ4n) is 1.84. The molecule has 0 rings (SSSR count). The number of aliphatic carboxylic acids is 1. The number of thiol groups is 1. The van der Waals surface area contributed by atoms with Crippen LogP contribution < -0.4 is 27.4 Å². The van der Waals surface area contributed by atoms with Gasteiger partial charge in [0.15, 0.2) is 0 Å². The van der Waals surface area contributed by atoms with Gasteiger partial charge in [-0.25, -0.2) is 0 Å². The van der Waals surface area contributed by atoms with E-state index in [4.69, 9.17) is 16.6 Å². The first-order valence-corrected chi connectivity index (χ1v) is 8.55. The molecule has 154 valence electrons. The van der Waals surface area contributed by atoms with Crippen LogP contribution in [0.5, 0.6) is 0 Å². The van der Waals surface area contributed by atoms with E-state index in [2.05, 4.69) is 28.6 Å². The third kappa shape index (κ3) is 9.77. The molecule has 12 nitrogen and oxygen atoms in total. The number of carboxylic acids is 1. The zero-order valence-electron chi connectivity index (χ0n) is 14.7. The number of carbonyl (C=O) groups excluding carboxylic acids is 4. The summed E-state index contributed by atoms with van der Waals surface area (Å²) in [5.74, 6) is -4.57. The Morgan fingerprint density at radius 1 is 1.07 bits per heavy atom. The van der Waals surface area contributed by atoms with E-state index in [1.165, 1.54) is 6.92 Å². The average molecular weight is 407 g/mol. The van der Waals surface area contributed by atoms with Crippen molar-refractivity contribution in [2.24, 2.45) is 11.5 Å². The Labute approximate surface area is 160 Å². The van der Waals surface area contributed by atoms with E-state index in [0.29, 0.717) is 0 Å². The molecule has 0 aliphatic carbocycles. The van der Waals surface area contributed by atoms with E-state index in [1.54, 1.807) is 0 Å². The van der Waals surface area contributed by atoms with Gasteiger partial charge < -0.3 is 37.6 Å². The van der Waals surface area contributed by atoms with E-state index in [0.717, 1.165) is 0 Å². The van der Waals surface area contributed by atoms with E-state index < -0.39 is 60.4 Å². The molecule has 4 atom stereocenters. The molecule has 9 N–H and O–H groups in total. The summed E-state index contributed by atoms with van der Waals surface area (Å²) in [7, 11) is 0. The lowest BCUT2D eigenvalue weighted by atomic mass is 10.1. The summed E-state index contributed by atoms with van der Waals surface area (Å²) in [6.07, 6.45) is -1.52. The normalized spacial score (nSPS) is 15.0. The summed E-state index contributed by atoms with van der Waals surface area (Å²) < 4.78 is 0. The van der Waals surface area contributed by atoms with Crippen LogP contribution in [0.1, 0.15) is 19.8 Å². The summed E-state index contributed by atoms with van der Waals surface area (Å²) in [4.78, 5) is 57.3. The maximum Gasteiger partial charge on any atom is 0.322 e. The summed E-state index contributed by atoms with van der Waals surface area (Å²) in [6, 6.07) is -3.76. The highest BCUT2D eigenvalue weighted by Gasteiger charge is 2.30. The van der Waals surface area contributed by atoms with Crippen LogP contribution in [0, 0.1) is 0 Å². The Balaban J connectivity index is 4.90. The van der Waals surface area contributed by atoms with Crippen LogP contribution in [0.15, 0.2) is 0 Å². The second kappa shape index (κ2) is 12.1. The number of hydrogen-bond acceptors (Lipinski definition) is 8. The van der Waals surface area contributed by atoms with Gasteiger partial charge in [-0.3, -0.25) is 24.0 Å². The van der Waals surface area contributed by atoms with Crippen LogP contribution in [0.4, 0.5) is 0 Å². The van der Waals surface area contributed by atoms with Crippen molar-refractivity contribution in [1.82, 2.24) is 16.0 Å². The second-order valence-corrected chi connectivity index (χ2v) is 6.06. The molecule has 0 aromatic heterocycles. The van der Waals surface area contributed by atoms with E-state index in [-0.39, 0.29) is 18.6 Å². The number of aliphatic hydroxyl groups is 1. The quantitative estimate of drug-likeness (QED) is 0.149. The summed E-state index contributed by atoms with van der Waals surface area (Å²) in [6.45, 7) is 0.587. The number of rotatable bonds is 12. The second-order valence-electron chi connectivity index (χ2n) is 5.69. The van der Waals surface area contributed by atoms with Crippen LogP contribution in [0.3, 0.4) is 0 Å². The van der Waals surface area contributed by atoms with Crippen molar-refractivity contribution in [2.45, 2.75) is 44.0 Å². The lowest BCUT2D eigenvalue weighted by molar-refractivity contribution is -0.138. The third-order valence-electron chi connectivity index (χ3n) is 3.33. The van der Waals surface area contributed by atoms with Crippen LogP contribution in [-0.4, -0.2) is 76.3 Å². The molecule has 0 saturated carbocycles. The predicted molar refractivity (Wildman–Crippen MR) is 96.4 cm³/mol. The van der Waals surface area contributed by atoms with Gasteiger partial charge in [-0.15, -0.1) is 0 Å². The number of primary amides is 1.